The van der Waals surface area contributed by atoms with Crippen LogP contribution in [-0.2, 0) is 4.74 Å². The first kappa shape index (κ1) is 26.5. The van der Waals surface area contributed by atoms with E-state index in [4.69, 9.17) is 16.3 Å². The molecular formula is C29H41ClO2. The van der Waals surface area contributed by atoms with Crippen molar-refractivity contribution in [2.24, 2.45) is 0 Å². The van der Waals surface area contributed by atoms with Gasteiger partial charge in [-0.2, -0.15) is 0 Å². The molecule has 0 atom stereocenters. The fourth-order valence-corrected chi connectivity index (χ4v) is 4.33. The normalized spacial score (nSPS) is 10.9. The topological polar surface area (TPSA) is 26.3 Å². The molecule has 0 N–H and O–H groups in total. The van der Waals surface area contributed by atoms with Crippen molar-refractivity contribution in [1.82, 2.24) is 0 Å². The third-order valence-corrected chi connectivity index (χ3v) is 6.33. The van der Waals surface area contributed by atoms with Crippen molar-refractivity contribution in [1.29, 1.82) is 0 Å². The highest BCUT2D eigenvalue weighted by molar-refractivity contribution is 6.33. The molecule has 0 bridgehead atoms. The Balaban J connectivity index is 1.48. The van der Waals surface area contributed by atoms with Crippen molar-refractivity contribution in [2.45, 2.75) is 96.8 Å². The Hall–Kier alpha value is -1.80. The molecule has 0 saturated heterocycles. The second kappa shape index (κ2) is 16.8. The van der Waals surface area contributed by atoms with E-state index in [1.807, 2.05) is 36.4 Å². The highest BCUT2D eigenvalue weighted by Gasteiger charge is 2.11. The molecule has 2 nitrogen and oxygen atoms in total. The summed E-state index contributed by atoms with van der Waals surface area (Å²) in [5.74, 6) is -0.291. The van der Waals surface area contributed by atoms with E-state index < -0.39 is 0 Å². The summed E-state index contributed by atoms with van der Waals surface area (Å²) in [6.07, 6.45) is 18.5. The van der Waals surface area contributed by atoms with Gasteiger partial charge in [0.05, 0.1) is 12.2 Å². The van der Waals surface area contributed by atoms with E-state index in [2.05, 4.69) is 6.92 Å². The minimum Gasteiger partial charge on any atom is -0.462 e. The Morgan fingerprint density at radius 3 is 1.78 bits per heavy atom. The van der Waals surface area contributed by atoms with E-state index in [1.165, 1.54) is 77.0 Å². The smallest absolute Gasteiger partial charge is 0.338 e. The molecule has 2 rings (SSSR count). The van der Waals surface area contributed by atoms with Crippen LogP contribution < -0.4 is 0 Å². The van der Waals surface area contributed by atoms with Gasteiger partial charge in [-0.05, 0) is 24.1 Å². The predicted molar refractivity (Wildman–Crippen MR) is 137 cm³/mol. The molecule has 0 amide bonds. The largest absolute Gasteiger partial charge is 0.462 e. The summed E-state index contributed by atoms with van der Waals surface area (Å²) in [7, 11) is 0. The summed E-state index contributed by atoms with van der Waals surface area (Å²) in [5.41, 5.74) is 2.48. The van der Waals surface area contributed by atoms with E-state index in [9.17, 15) is 4.79 Å². The average molecular weight is 457 g/mol. The molecule has 0 unspecified atom stereocenters. The van der Waals surface area contributed by atoms with Crippen molar-refractivity contribution in [2.75, 3.05) is 6.61 Å². The van der Waals surface area contributed by atoms with Gasteiger partial charge in [0, 0.05) is 10.6 Å². The van der Waals surface area contributed by atoms with Crippen LogP contribution in [0.15, 0.2) is 48.5 Å². The summed E-state index contributed by atoms with van der Waals surface area (Å²) in [6.45, 7) is 2.75. The van der Waals surface area contributed by atoms with Crippen molar-refractivity contribution in [3.63, 3.8) is 0 Å². The van der Waals surface area contributed by atoms with Crippen LogP contribution in [0.3, 0.4) is 0 Å². The van der Waals surface area contributed by atoms with Crippen LogP contribution in [0.1, 0.15) is 107 Å². The van der Waals surface area contributed by atoms with Crippen LogP contribution >= 0.6 is 11.6 Å². The summed E-state index contributed by atoms with van der Waals surface area (Å²) >= 11 is 6.40. The Morgan fingerprint density at radius 2 is 1.25 bits per heavy atom. The zero-order chi connectivity index (χ0) is 22.9. The summed E-state index contributed by atoms with van der Waals surface area (Å²) in [4.78, 5) is 12.3. The molecule has 3 heteroatoms. The van der Waals surface area contributed by atoms with Gasteiger partial charge in [-0.3, -0.25) is 0 Å². The van der Waals surface area contributed by atoms with E-state index in [-0.39, 0.29) is 5.97 Å². The van der Waals surface area contributed by atoms with Crippen molar-refractivity contribution in [3.8, 4) is 11.1 Å². The fraction of sp³-hybridized carbons (Fsp3) is 0.552. The van der Waals surface area contributed by atoms with E-state index in [1.54, 1.807) is 12.1 Å². The zero-order valence-corrected chi connectivity index (χ0v) is 20.7. The number of carbonyl (C=O) groups is 1. The number of esters is 1. The first-order chi connectivity index (χ1) is 15.7. The quantitative estimate of drug-likeness (QED) is 0.175. The molecule has 0 heterocycles. The highest BCUT2D eigenvalue weighted by Crippen LogP contribution is 2.28. The minimum absolute atomic E-state index is 0.291. The lowest BCUT2D eigenvalue weighted by atomic mass is 10.0. The summed E-state index contributed by atoms with van der Waals surface area (Å²) in [6, 6.07) is 15.3. The van der Waals surface area contributed by atoms with E-state index in [0.29, 0.717) is 17.2 Å². The first-order valence-electron chi connectivity index (χ1n) is 12.7. The molecule has 0 saturated carbocycles. The number of carbonyl (C=O) groups excluding carboxylic acids is 1. The number of unbranched alkanes of at least 4 members (excludes halogenated alkanes) is 13. The second-order valence-corrected chi connectivity index (χ2v) is 9.20. The highest BCUT2D eigenvalue weighted by atomic mass is 35.5. The van der Waals surface area contributed by atoms with Gasteiger partial charge < -0.3 is 4.74 Å². The first-order valence-corrected chi connectivity index (χ1v) is 13.1. The molecule has 0 radical (unpaired) electrons. The fourth-order valence-electron chi connectivity index (χ4n) is 4.04. The lowest BCUT2D eigenvalue weighted by Gasteiger charge is -2.08. The number of benzene rings is 2. The van der Waals surface area contributed by atoms with E-state index in [0.717, 1.165) is 24.0 Å². The standard InChI is InChI=1S/C29H41ClO2/c1-2-3-4-5-6-7-8-9-10-11-12-13-14-18-23-32-29(31)26-21-22-27(28(30)24-26)25-19-16-15-17-20-25/h15-17,19-22,24H,2-14,18,23H2,1H3. The number of ether oxygens (including phenoxy) is 1. The Bertz CT molecular complexity index is 757. The van der Waals surface area contributed by atoms with Gasteiger partial charge in [-0.15, -0.1) is 0 Å². The molecule has 2 aromatic carbocycles. The Kier molecular flexibility index (Phi) is 13.9. The molecular weight excluding hydrogens is 416 g/mol. The van der Waals surface area contributed by atoms with Gasteiger partial charge in [-0.25, -0.2) is 4.79 Å². The molecule has 0 aromatic heterocycles. The van der Waals surface area contributed by atoms with Gasteiger partial charge in [0.25, 0.3) is 0 Å². The number of rotatable bonds is 17. The molecule has 2 aromatic rings. The lowest BCUT2D eigenvalue weighted by molar-refractivity contribution is 0.0497. The number of hydrogen-bond donors (Lipinski definition) is 0. The maximum absolute atomic E-state index is 12.3. The monoisotopic (exact) mass is 456 g/mol. The Labute approximate surface area is 200 Å². The third kappa shape index (κ3) is 10.7. The van der Waals surface area contributed by atoms with Crippen molar-refractivity contribution >= 4 is 17.6 Å². The van der Waals surface area contributed by atoms with Gasteiger partial charge in [0.2, 0.25) is 0 Å². The molecule has 0 fully saturated rings. The average Bonchev–Trinajstić information content (AvgIpc) is 2.82. The summed E-state index contributed by atoms with van der Waals surface area (Å²) in [5, 5.41) is 0.571. The Morgan fingerprint density at radius 1 is 0.719 bits per heavy atom. The van der Waals surface area contributed by atoms with Crippen LogP contribution in [0.4, 0.5) is 0 Å². The van der Waals surface area contributed by atoms with Crippen LogP contribution in [0.2, 0.25) is 5.02 Å². The van der Waals surface area contributed by atoms with Gasteiger partial charge in [-0.1, -0.05) is 138 Å². The minimum atomic E-state index is -0.291. The van der Waals surface area contributed by atoms with Crippen molar-refractivity contribution < 1.29 is 9.53 Å². The molecule has 32 heavy (non-hydrogen) atoms. The number of hydrogen-bond acceptors (Lipinski definition) is 2. The molecule has 0 spiro atoms. The van der Waals surface area contributed by atoms with Crippen LogP contribution in [0.25, 0.3) is 11.1 Å². The SMILES string of the molecule is CCCCCCCCCCCCCCCCOC(=O)c1ccc(-c2ccccc2)c(Cl)c1. The lowest BCUT2D eigenvalue weighted by Crippen LogP contribution is -2.06. The molecule has 0 aliphatic heterocycles. The molecule has 0 aliphatic rings. The molecule has 176 valence electrons. The van der Waals surface area contributed by atoms with E-state index >= 15 is 0 Å². The van der Waals surface area contributed by atoms with Crippen molar-refractivity contribution in [3.05, 3.63) is 59.1 Å². The third-order valence-electron chi connectivity index (χ3n) is 6.02. The van der Waals surface area contributed by atoms with Gasteiger partial charge >= 0.3 is 5.97 Å². The predicted octanol–water partition coefficient (Wildman–Crippen LogP) is 9.65. The van der Waals surface area contributed by atoms with Gasteiger partial charge in [0.1, 0.15) is 0 Å². The maximum Gasteiger partial charge on any atom is 0.338 e. The van der Waals surface area contributed by atoms with Crippen LogP contribution in [-0.4, -0.2) is 12.6 Å². The molecule has 0 aliphatic carbocycles. The van der Waals surface area contributed by atoms with Gasteiger partial charge in [0.15, 0.2) is 0 Å². The van der Waals surface area contributed by atoms with Crippen LogP contribution in [0, 0.1) is 0 Å². The number of halogens is 1. The maximum atomic E-state index is 12.3. The second-order valence-electron chi connectivity index (χ2n) is 8.79. The zero-order valence-electron chi connectivity index (χ0n) is 19.9. The summed E-state index contributed by atoms with van der Waals surface area (Å²) < 4.78 is 5.44. The van der Waals surface area contributed by atoms with Crippen LogP contribution in [0.5, 0.6) is 0 Å².